The molecule has 0 saturated carbocycles. The summed E-state index contributed by atoms with van der Waals surface area (Å²) in [7, 11) is 0. The Kier molecular flexibility index (Phi) is 4.35. The van der Waals surface area contributed by atoms with Crippen molar-refractivity contribution < 1.29 is 4.79 Å². The van der Waals surface area contributed by atoms with Gasteiger partial charge in [0.1, 0.15) is 0 Å². The highest BCUT2D eigenvalue weighted by Crippen LogP contribution is 2.31. The largest absolute Gasteiger partial charge is 0.348 e. The van der Waals surface area contributed by atoms with E-state index in [-0.39, 0.29) is 5.91 Å². The molecule has 0 saturated heterocycles. The van der Waals surface area contributed by atoms with Crippen LogP contribution in [-0.4, -0.2) is 22.4 Å². The lowest BCUT2D eigenvalue weighted by Gasteiger charge is -2.16. The van der Waals surface area contributed by atoms with Crippen molar-refractivity contribution in [3.63, 3.8) is 0 Å². The second-order valence-corrected chi connectivity index (χ2v) is 6.47. The molecule has 0 unspecified atom stereocenters. The lowest BCUT2D eigenvalue weighted by atomic mass is 10.1. The molecule has 0 atom stereocenters. The third kappa shape index (κ3) is 3.28. The number of aromatic nitrogens is 2. The van der Waals surface area contributed by atoms with E-state index in [2.05, 4.69) is 32.3 Å². The first kappa shape index (κ1) is 16.3. The van der Waals surface area contributed by atoms with Gasteiger partial charge in [-0.05, 0) is 30.5 Å². The highest BCUT2D eigenvalue weighted by molar-refractivity contribution is 5.93. The number of anilines is 2. The third-order valence-electron chi connectivity index (χ3n) is 4.60. The van der Waals surface area contributed by atoms with E-state index >= 15 is 0 Å². The number of fused-ring (bicyclic) bond motifs is 1. The van der Waals surface area contributed by atoms with Crippen LogP contribution in [0.15, 0.2) is 60.9 Å². The van der Waals surface area contributed by atoms with Gasteiger partial charge in [0.05, 0.1) is 5.56 Å². The summed E-state index contributed by atoms with van der Waals surface area (Å²) < 4.78 is 0. The Labute approximate surface area is 152 Å². The quantitative estimate of drug-likeness (QED) is 0.788. The van der Waals surface area contributed by atoms with Crippen LogP contribution >= 0.6 is 0 Å². The molecular formula is C21H20N4O. The van der Waals surface area contributed by atoms with Gasteiger partial charge in [-0.1, -0.05) is 48.0 Å². The minimum absolute atomic E-state index is 0.168. The van der Waals surface area contributed by atoms with Crippen LogP contribution in [0.4, 0.5) is 11.6 Å². The van der Waals surface area contributed by atoms with Crippen molar-refractivity contribution in [2.45, 2.75) is 19.9 Å². The molecule has 5 nitrogen and oxygen atoms in total. The maximum atomic E-state index is 12.3. The van der Waals surface area contributed by atoms with Gasteiger partial charge in [0, 0.05) is 31.2 Å². The number of nitrogens with zero attached hydrogens (tertiary/aromatic N) is 3. The minimum Gasteiger partial charge on any atom is -0.348 e. The van der Waals surface area contributed by atoms with E-state index in [9.17, 15) is 4.79 Å². The van der Waals surface area contributed by atoms with Crippen molar-refractivity contribution in [2.75, 3.05) is 11.4 Å². The smallest absolute Gasteiger partial charge is 0.254 e. The number of rotatable bonds is 4. The van der Waals surface area contributed by atoms with Gasteiger partial charge in [-0.15, -0.1) is 0 Å². The number of carbonyl (C=O) groups is 1. The zero-order valence-corrected chi connectivity index (χ0v) is 14.6. The molecule has 1 aliphatic rings. The molecule has 0 spiro atoms. The van der Waals surface area contributed by atoms with E-state index in [1.165, 1.54) is 11.1 Å². The summed E-state index contributed by atoms with van der Waals surface area (Å²) in [6.07, 6.45) is 4.17. The maximum absolute atomic E-state index is 12.3. The van der Waals surface area contributed by atoms with Crippen LogP contribution in [0.3, 0.4) is 0 Å². The number of aryl methyl sites for hydroxylation is 1. The number of nitrogens with one attached hydrogen (secondary N) is 1. The molecule has 3 aromatic rings. The number of carbonyl (C=O) groups excluding carboxylic acids is 1. The van der Waals surface area contributed by atoms with Crippen LogP contribution in [0.2, 0.25) is 0 Å². The van der Waals surface area contributed by atoms with Crippen LogP contribution in [-0.2, 0) is 13.0 Å². The zero-order valence-electron chi connectivity index (χ0n) is 14.6. The molecule has 0 aliphatic carbocycles. The first-order valence-electron chi connectivity index (χ1n) is 8.72. The van der Waals surface area contributed by atoms with Crippen LogP contribution in [0.1, 0.15) is 27.0 Å². The van der Waals surface area contributed by atoms with Gasteiger partial charge in [0.25, 0.3) is 5.91 Å². The Morgan fingerprint density at radius 2 is 1.81 bits per heavy atom. The number of hydrogen-bond donors (Lipinski definition) is 1. The van der Waals surface area contributed by atoms with Gasteiger partial charge in [-0.3, -0.25) is 4.79 Å². The molecule has 1 aromatic heterocycles. The second kappa shape index (κ2) is 6.96. The van der Waals surface area contributed by atoms with E-state index in [0.29, 0.717) is 18.1 Å². The lowest BCUT2D eigenvalue weighted by Crippen LogP contribution is -2.24. The topological polar surface area (TPSA) is 58.1 Å². The summed E-state index contributed by atoms with van der Waals surface area (Å²) in [5.41, 5.74) is 5.18. The predicted molar refractivity (Wildman–Crippen MR) is 102 cm³/mol. The van der Waals surface area contributed by atoms with Gasteiger partial charge >= 0.3 is 0 Å². The molecule has 26 heavy (non-hydrogen) atoms. The zero-order chi connectivity index (χ0) is 17.9. The van der Waals surface area contributed by atoms with Gasteiger partial charge in [0.15, 0.2) is 0 Å². The van der Waals surface area contributed by atoms with Crippen LogP contribution in [0.25, 0.3) is 0 Å². The fourth-order valence-corrected chi connectivity index (χ4v) is 3.11. The van der Waals surface area contributed by atoms with Crippen LogP contribution in [0, 0.1) is 6.92 Å². The Balaban J connectivity index is 1.43. The summed E-state index contributed by atoms with van der Waals surface area (Å²) in [6.45, 7) is 3.39. The number of amides is 1. The molecule has 130 valence electrons. The molecule has 2 aromatic carbocycles. The van der Waals surface area contributed by atoms with Gasteiger partial charge in [-0.2, -0.15) is 0 Å². The standard InChI is InChI=1S/C21H20N4O/c1-15-6-8-16(9-7-15)12-22-20(26)18-13-23-21(24-14-18)25-11-10-17-4-2-3-5-19(17)25/h2-9,13-14H,10-12H2,1H3,(H,22,26). The van der Waals surface area contributed by atoms with Crippen molar-refractivity contribution in [3.05, 3.63) is 83.2 Å². The maximum Gasteiger partial charge on any atom is 0.254 e. The van der Waals surface area contributed by atoms with E-state index in [1.54, 1.807) is 12.4 Å². The van der Waals surface area contributed by atoms with Gasteiger partial charge < -0.3 is 10.2 Å². The van der Waals surface area contributed by atoms with Crippen molar-refractivity contribution in [1.82, 2.24) is 15.3 Å². The van der Waals surface area contributed by atoms with E-state index in [1.807, 2.05) is 43.3 Å². The summed E-state index contributed by atoms with van der Waals surface area (Å²) in [6, 6.07) is 16.4. The monoisotopic (exact) mass is 344 g/mol. The molecule has 1 N–H and O–H groups in total. The van der Waals surface area contributed by atoms with Crippen molar-refractivity contribution in [1.29, 1.82) is 0 Å². The van der Waals surface area contributed by atoms with Crippen molar-refractivity contribution >= 4 is 17.5 Å². The fourth-order valence-electron chi connectivity index (χ4n) is 3.11. The third-order valence-corrected chi connectivity index (χ3v) is 4.60. The predicted octanol–water partition coefficient (Wildman–Crippen LogP) is 3.41. The Hall–Kier alpha value is -3.21. The van der Waals surface area contributed by atoms with Crippen LogP contribution < -0.4 is 10.2 Å². The average molecular weight is 344 g/mol. The molecule has 1 aliphatic heterocycles. The Bertz CT molecular complexity index is 920. The molecule has 0 radical (unpaired) electrons. The Morgan fingerprint density at radius 1 is 1.08 bits per heavy atom. The molecule has 2 heterocycles. The summed E-state index contributed by atoms with van der Waals surface area (Å²) in [5.74, 6) is 0.462. The molecular weight excluding hydrogens is 324 g/mol. The lowest BCUT2D eigenvalue weighted by molar-refractivity contribution is 0.0950. The molecule has 5 heteroatoms. The van der Waals surface area contributed by atoms with Crippen molar-refractivity contribution in [3.8, 4) is 0 Å². The fraction of sp³-hybridized carbons (Fsp3) is 0.190. The highest BCUT2D eigenvalue weighted by Gasteiger charge is 2.21. The summed E-state index contributed by atoms with van der Waals surface area (Å²) in [4.78, 5) is 23.2. The average Bonchev–Trinajstić information content (AvgIpc) is 3.11. The first-order valence-corrected chi connectivity index (χ1v) is 8.72. The number of hydrogen-bond acceptors (Lipinski definition) is 4. The van der Waals surface area contributed by atoms with Crippen LogP contribution in [0.5, 0.6) is 0 Å². The number of benzene rings is 2. The minimum atomic E-state index is -0.168. The van der Waals surface area contributed by atoms with Gasteiger partial charge in [-0.25, -0.2) is 9.97 Å². The molecule has 1 amide bonds. The normalized spacial score (nSPS) is 12.7. The first-order chi connectivity index (χ1) is 12.7. The molecule has 0 fully saturated rings. The summed E-state index contributed by atoms with van der Waals surface area (Å²) in [5, 5.41) is 2.91. The second-order valence-electron chi connectivity index (χ2n) is 6.47. The van der Waals surface area contributed by atoms with E-state index in [0.717, 1.165) is 24.2 Å². The van der Waals surface area contributed by atoms with E-state index < -0.39 is 0 Å². The molecule has 0 bridgehead atoms. The molecule has 4 rings (SSSR count). The number of para-hydroxylation sites is 1. The van der Waals surface area contributed by atoms with Gasteiger partial charge in [0.2, 0.25) is 5.95 Å². The van der Waals surface area contributed by atoms with Crippen molar-refractivity contribution in [2.24, 2.45) is 0 Å². The SMILES string of the molecule is Cc1ccc(CNC(=O)c2cnc(N3CCc4ccccc43)nc2)cc1. The summed E-state index contributed by atoms with van der Waals surface area (Å²) >= 11 is 0. The van der Waals surface area contributed by atoms with E-state index in [4.69, 9.17) is 0 Å². The Morgan fingerprint density at radius 3 is 2.58 bits per heavy atom. The highest BCUT2D eigenvalue weighted by atomic mass is 16.1.